The Hall–Kier alpha value is 0.257. The fourth-order valence-electron chi connectivity index (χ4n) is 3.09. The molecule has 12 nitrogen and oxygen atoms in total. The van der Waals surface area contributed by atoms with E-state index < -0.39 is 61.6 Å². The van der Waals surface area contributed by atoms with Gasteiger partial charge in [0.25, 0.3) is 0 Å². The van der Waals surface area contributed by atoms with E-state index in [9.17, 15) is 20.4 Å². The van der Waals surface area contributed by atoms with Gasteiger partial charge in [-0.3, -0.25) is 0 Å². The van der Waals surface area contributed by atoms with Crippen molar-refractivity contribution in [1.29, 1.82) is 0 Å². The summed E-state index contributed by atoms with van der Waals surface area (Å²) in [6.45, 7) is 10.1. The molecule has 2 heterocycles. The molecule has 0 aromatic carbocycles. The molecule has 0 aromatic heterocycles. The third-order valence-corrected chi connectivity index (χ3v) is 4.96. The number of hydrogen-bond acceptors (Lipinski definition) is 12. The van der Waals surface area contributed by atoms with E-state index in [0.717, 1.165) is 52.4 Å². The van der Waals surface area contributed by atoms with Crippen LogP contribution < -0.4 is 20.4 Å². The zero-order valence-corrected chi connectivity index (χ0v) is 23.3. The Morgan fingerprint density at radius 2 is 0.812 bits per heavy atom. The summed E-state index contributed by atoms with van der Waals surface area (Å²) in [4.78, 5) is 8.14. The summed E-state index contributed by atoms with van der Waals surface area (Å²) >= 11 is -4.06. The summed E-state index contributed by atoms with van der Waals surface area (Å²) in [6, 6.07) is 0. The van der Waals surface area contributed by atoms with Crippen LogP contribution in [0.15, 0.2) is 0 Å². The van der Waals surface area contributed by atoms with Crippen LogP contribution in [0.4, 0.5) is 0 Å². The van der Waals surface area contributed by atoms with E-state index in [1.165, 1.54) is 0 Å². The van der Waals surface area contributed by atoms with Gasteiger partial charge < -0.3 is 40.0 Å². The Morgan fingerprint density at radius 3 is 1.00 bits per heavy atom. The molecule has 0 amide bonds. The van der Waals surface area contributed by atoms with Crippen molar-refractivity contribution in [3.63, 3.8) is 0 Å². The maximum atomic E-state index is 11.5. The van der Waals surface area contributed by atoms with Gasteiger partial charge in [-0.1, -0.05) is 39.1 Å². The molecule has 0 N–H and O–H groups in total. The second kappa shape index (κ2) is 21.8. The first kappa shape index (κ1) is 34.4. The quantitative estimate of drug-likeness (QED) is 0.259. The molecule has 2 saturated heterocycles. The molecule has 2 fully saturated rings. The standard InChI is InChI=1S/2C9H18N2O2.2Mo.4O/c2*1-8(12)7-9(13)11-5-3-10(2)4-6-11;;;;;;/h2*8-9H,3-7H2,1-2H3;;;;;;/q2*-2;2*+2;;;;. The minimum absolute atomic E-state index is 0.226. The van der Waals surface area contributed by atoms with Crippen molar-refractivity contribution in [2.75, 3.05) is 66.5 Å². The normalized spacial score (nSPS) is 21.5. The van der Waals surface area contributed by atoms with E-state index in [1.54, 1.807) is 13.8 Å². The third-order valence-electron chi connectivity index (χ3n) is 4.96. The van der Waals surface area contributed by atoms with E-state index in [1.807, 2.05) is 23.9 Å². The van der Waals surface area contributed by atoms with Gasteiger partial charge in [-0.15, -0.1) is 12.2 Å². The summed E-state index contributed by atoms with van der Waals surface area (Å²) in [5.74, 6) is 0. The van der Waals surface area contributed by atoms with Gasteiger partial charge in [-0.25, -0.2) is 0 Å². The van der Waals surface area contributed by atoms with Crippen molar-refractivity contribution in [2.24, 2.45) is 0 Å². The van der Waals surface area contributed by atoms with Crippen LogP contribution in [0.2, 0.25) is 0 Å². The Balaban J connectivity index is 0. The van der Waals surface area contributed by atoms with Gasteiger partial charge in [0.2, 0.25) is 0 Å². The van der Waals surface area contributed by atoms with Crippen molar-refractivity contribution in [3.8, 4) is 0 Å². The van der Waals surface area contributed by atoms with Gasteiger partial charge in [0.05, 0.1) is 0 Å². The molecule has 4 atom stereocenters. The van der Waals surface area contributed by atoms with Crippen LogP contribution in [-0.4, -0.2) is 111 Å². The molecule has 2 rings (SSSR count). The van der Waals surface area contributed by atoms with Gasteiger partial charge in [-0.05, 0) is 14.1 Å². The van der Waals surface area contributed by atoms with Crippen LogP contribution in [0, 0.1) is 0 Å². The predicted molar refractivity (Wildman–Crippen MR) is 96.6 cm³/mol. The Kier molecular flexibility index (Phi) is 23.4. The first-order valence-corrected chi connectivity index (χ1v) is 13.6. The molecular formula is C18H36Mo2N4O8. The van der Waals surface area contributed by atoms with Gasteiger partial charge >= 0.3 is 50.6 Å². The Bertz CT molecular complexity index is 473. The van der Waals surface area contributed by atoms with E-state index >= 15 is 0 Å². The van der Waals surface area contributed by atoms with Crippen molar-refractivity contribution in [1.82, 2.24) is 19.6 Å². The van der Waals surface area contributed by atoms with E-state index in [2.05, 4.69) is 9.80 Å². The fourth-order valence-corrected chi connectivity index (χ4v) is 3.09. The second-order valence-corrected chi connectivity index (χ2v) is 8.49. The van der Waals surface area contributed by atoms with Crippen molar-refractivity contribution < 1.29 is 71.0 Å². The second-order valence-electron chi connectivity index (χ2n) is 7.82. The first-order chi connectivity index (χ1) is 15.0. The summed E-state index contributed by atoms with van der Waals surface area (Å²) in [5.41, 5.74) is 0. The molecule has 0 aromatic rings. The molecule has 0 bridgehead atoms. The monoisotopic (exact) mass is 632 g/mol. The van der Waals surface area contributed by atoms with Crippen LogP contribution >= 0.6 is 0 Å². The number of rotatable bonds is 6. The molecule has 0 aliphatic carbocycles. The minimum atomic E-state index is -2.03. The average Bonchev–Trinajstić information content (AvgIpc) is 2.69. The van der Waals surface area contributed by atoms with Gasteiger partial charge in [0, 0.05) is 52.4 Å². The molecule has 0 radical (unpaired) electrons. The van der Waals surface area contributed by atoms with Crippen LogP contribution in [0.1, 0.15) is 26.7 Å². The molecular weight excluding hydrogens is 592 g/mol. The number of nitrogens with zero attached hydrogens (tertiary/aromatic N) is 4. The number of hydrogen-bond donors (Lipinski definition) is 0. The summed E-state index contributed by atoms with van der Waals surface area (Å²) < 4.78 is 34.0. The molecule has 0 spiro atoms. The maximum absolute atomic E-state index is 11.5. The fraction of sp³-hybridized carbons (Fsp3) is 1.00. The van der Waals surface area contributed by atoms with Crippen molar-refractivity contribution in [3.05, 3.63) is 0 Å². The topological polar surface area (TPSA) is 173 Å². The summed E-state index contributed by atoms with van der Waals surface area (Å²) in [7, 11) is 4.10. The number of piperazine rings is 2. The van der Waals surface area contributed by atoms with Crippen LogP contribution in [-0.2, 0) is 50.6 Å². The third kappa shape index (κ3) is 19.7. The molecule has 4 unspecified atom stereocenters. The van der Waals surface area contributed by atoms with E-state index in [4.69, 9.17) is 13.6 Å². The van der Waals surface area contributed by atoms with Crippen LogP contribution in [0.3, 0.4) is 0 Å². The van der Waals surface area contributed by atoms with Gasteiger partial charge in [0.15, 0.2) is 0 Å². The summed E-state index contributed by atoms with van der Waals surface area (Å²) in [6.07, 6.45) is -2.60. The SMILES string of the molecule is CC([O-])CC([O-])N1CCN(C)CC1.CC([O-])CC([O-])N1CCN(C)CC1.[O]=[Mo+2]=[O].[O]=[Mo+2]=[O]. The van der Waals surface area contributed by atoms with E-state index in [0.29, 0.717) is 0 Å². The van der Waals surface area contributed by atoms with Gasteiger partial charge in [0.1, 0.15) is 0 Å². The van der Waals surface area contributed by atoms with E-state index in [-0.39, 0.29) is 12.8 Å². The van der Waals surface area contributed by atoms with Crippen LogP contribution in [0.25, 0.3) is 0 Å². The zero-order valence-electron chi connectivity index (χ0n) is 19.3. The molecule has 2 aliphatic rings. The Labute approximate surface area is 207 Å². The first-order valence-electron chi connectivity index (χ1n) is 10.3. The molecule has 188 valence electrons. The average molecular weight is 628 g/mol. The predicted octanol–water partition coefficient (Wildman–Crippen LogP) is -4.36. The Morgan fingerprint density at radius 1 is 0.594 bits per heavy atom. The number of likely N-dealkylation sites (N-methyl/N-ethyl adjacent to an activating group) is 2. The van der Waals surface area contributed by atoms with Crippen molar-refractivity contribution >= 4 is 0 Å². The van der Waals surface area contributed by atoms with Crippen LogP contribution in [0.5, 0.6) is 0 Å². The molecule has 14 heteroatoms. The van der Waals surface area contributed by atoms with Crippen molar-refractivity contribution in [2.45, 2.75) is 51.4 Å². The molecule has 32 heavy (non-hydrogen) atoms. The van der Waals surface area contributed by atoms with Gasteiger partial charge in [-0.2, -0.15) is 0 Å². The molecule has 2 aliphatic heterocycles. The zero-order chi connectivity index (χ0) is 25.1. The molecule has 0 saturated carbocycles. The summed E-state index contributed by atoms with van der Waals surface area (Å²) in [5, 5.41) is 44.6.